The van der Waals surface area contributed by atoms with Gasteiger partial charge in [0.15, 0.2) is 0 Å². The first-order valence-corrected chi connectivity index (χ1v) is 8.53. The zero-order chi connectivity index (χ0) is 16.0. The third-order valence-corrected chi connectivity index (χ3v) is 5.25. The molecule has 1 aliphatic heterocycles. The quantitative estimate of drug-likeness (QED) is 0.842. The molecule has 1 aromatic carbocycles. The summed E-state index contributed by atoms with van der Waals surface area (Å²) in [5, 5.41) is 0. The molecule has 3 aliphatic rings. The van der Waals surface area contributed by atoms with Crippen LogP contribution in [0.5, 0.6) is 0 Å². The van der Waals surface area contributed by atoms with Crippen molar-refractivity contribution in [2.45, 2.75) is 51.1 Å². The van der Waals surface area contributed by atoms with Crippen LogP contribution in [0.4, 0.5) is 10.1 Å². The van der Waals surface area contributed by atoms with E-state index < -0.39 is 0 Å². The van der Waals surface area contributed by atoms with Gasteiger partial charge in [-0.15, -0.1) is 0 Å². The van der Waals surface area contributed by atoms with E-state index in [1.54, 1.807) is 11.0 Å². The summed E-state index contributed by atoms with van der Waals surface area (Å²) in [7, 11) is 0. The van der Waals surface area contributed by atoms with E-state index in [1.165, 1.54) is 12.1 Å². The fourth-order valence-electron chi connectivity index (χ4n) is 3.51. The molecule has 2 amide bonds. The first-order chi connectivity index (χ1) is 11.1. The maximum atomic E-state index is 13.7. The van der Waals surface area contributed by atoms with Crippen LogP contribution in [-0.2, 0) is 16.1 Å². The van der Waals surface area contributed by atoms with Gasteiger partial charge in [0.2, 0.25) is 11.8 Å². The number of fused-ring (bicyclic) bond motifs is 1. The average Bonchev–Trinajstić information content (AvgIpc) is 3.27. The molecule has 0 spiro atoms. The lowest BCUT2D eigenvalue weighted by molar-refractivity contribution is -0.132. The van der Waals surface area contributed by atoms with Crippen LogP contribution >= 0.6 is 0 Å². The number of anilines is 1. The van der Waals surface area contributed by atoms with Gasteiger partial charge in [-0.25, -0.2) is 4.39 Å². The number of benzene rings is 1. The summed E-state index contributed by atoms with van der Waals surface area (Å²) >= 11 is 0. The number of halogens is 1. The Morgan fingerprint density at radius 1 is 1.17 bits per heavy atom. The predicted octanol–water partition coefficient (Wildman–Crippen LogP) is 2.85. The lowest BCUT2D eigenvalue weighted by Crippen LogP contribution is -2.44. The minimum Gasteiger partial charge on any atom is -0.335 e. The third kappa shape index (κ3) is 2.73. The normalized spacial score (nSPS) is 22.2. The molecule has 4 nitrogen and oxygen atoms in total. The van der Waals surface area contributed by atoms with E-state index in [4.69, 9.17) is 0 Å². The summed E-state index contributed by atoms with van der Waals surface area (Å²) in [6.07, 6.45) is 5.35. The molecule has 0 unspecified atom stereocenters. The second kappa shape index (κ2) is 5.62. The van der Waals surface area contributed by atoms with Gasteiger partial charge in [-0.3, -0.25) is 9.59 Å². The fraction of sp³-hybridized carbons (Fsp3) is 0.556. The molecule has 0 N–H and O–H groups in total. The van der Waals surface area contributed by atoms with Crippen LogP contribution in [0.15, 0.2) is 18.2 Å². The Bertz CT molecular complexity index is 652. The molecule has 0 radical (unpaired) electrons. The highest BCUT2D eigenvalue weighted by molar-refractivity contribution is 5.97. The van der Waals surface area contributed by atoms with Gasteiger partial charge in [0.05, 0.1) is 0 Å². The summed E-state index contributed by atoms with van der Waals surface area (Å²) in [6, 6.07) is 4.88. The smallest absolute Gasteiger partial charge is 0.230 e. The monoisotopic (exact) mass is 316 g/mol. The van der Waals surface area contributed by atoms with Crippen molar-refractivity contribution in [3.05, 3.63) is 29.6 Å². The van der Waals surface area contributed by atoms with E-state index >= 15 is 0 Å². The van der Waals surface area contributed by atoms with Gasteiger partial charge in [-0.2, -0.15) is 0 Å². The lowest BCUT2D eigenvalue weighted by Gasteiger charge is -2.36. The number of hydrogen-bond donors (Lipinski definition) is 0. The fourth-order valence-corrected chi connectivity index (χ4v) is 3.51. The molecular formula is C18H21FN2O2. The van der Waals surface area contributed by atoms with E-state index in [9.17, 15) is 14.0 Å². The highest BCUT2D eigenvalue weighted by Gasteiger charge is 2.37. The van der Waals surface area contributed by atoms with Crippen LogP contribution in [0.25, 0.3) is 0 Å². The Labute approximate surface area is 135 Å². The summed E-state index contributed by atoms with van der Waals surface area (Å²) in [5.41, 5.74) is 1.53. The topological polar surface area (TPSA) is 40.6 Å². The number of rotatable bonds is 2. The van der Waals surface area contributed by atoms with Crippen LogP contribution in [0, 0.1) is 11.7 Å². The van der Waals surface area contributed by atoms with Crippen molar-refractivity contribution in [2.24, 2.45) is 5.92 Å². The molecule has 122 valence electrons. The highest BCUT2D eigenvalue weighted by Crippen LogP contribution is 2.36. The standard InChI is InChI=1S/C18H21FN2O2/c19-14-4-7-16-13(10-14)11-21(15-5-6-15)17(22)8-9-20(16)18(23)12-2-1-3-12/h4,7,10,12,15H,1-3,5-6,8-9,11H2. The highest BCUT2D eigenvalue weighted by atomic mass is 19.1. The molecule has 5 heteroatoms. The van der Waals surface area contributed by atoms with Crippen LogP contribution < -0.4 is 4.90 Å². The van der Waals surface area contributed by atoms with Gasteiger partial charge in [0, 0.05) is 37.2 Å². The SMILES string of the molecule is O=C(C1CCC1)N1CCC(=O)N(C2CC2)Cc2cc(F)ccc21. The number of carbonyl (C=O) groups excluding carboxylic acids is 2. The molecule has 0 bridgehead atoms. The maximum Gasteiger partial charge on any atom is 0.230 e. The minimum absolute atomic E-state index is 0.0713. The third-order valence-electron chi connectivity index (χ3n) is 5.25. The summed E-state index contributed by atoms with van der Waals surface area (Å²) in [5.74, 6) is -0.0730. The van der Waals surface area contributed by atoms with Gasteiger partial charge < -0.3 is 9.80 Å². The number of nitrogens with zero attached hydrogens (tertiary/aromatic N) is 2. The van der Waals surface area contributed by atoms with Crippen LogP contribution in [0.3, 0.4) is 0 Å². The Morgan fingerprint density at radius 3 is 2.61 bits per heavy atom. The van der Waals surface area contributed by atoms with Gasteiger partial charge in [-0.05, 0) is 49.4 Å². The van der Waals surface area contributed by atoms with E-state index in [1.807, 2.05) is 4.90 Å². The molecule has 1 heterocycles. The molecule has 0 atom stereocenters. The molecule has 2 saturated carbocycles. The van der Waals surface area contributed by atoms with Crippen molar-refractivity contribution in [3.63, 3.8) is 0 Å². The number of carbonyl (C=O) groups is 2. The Balaban J connectivity index is 1.69. The molecule has 0 saturated heterocycles. The molecular weight excluding hydrogens is 295 g/mol. The molecule has 2 fully saturated rings. The average molecular weight is 316 g/mol. The lowest BCUT2D eigenvalue weighted by atomic mass is 9.84. The van der Waals surface area contributed by atoms with Gasteiger partial charge in [0.1, 0.15) is 5.82 Å². The zero-order valence-electron chi connectivity index (χ0n) is 13.1. The number of amides is 2. The van der Waals surface area contributed by atoms with Crippen LogP contribution in [-0.4, -0.2) is 29.3 Å². The summed E-state index contributed by atoms with van der Waals surface area (Å²) in [6.45, 7) is 0.807. The van der Waals surface area contributed by atoms with Gasteiger partial charge in [0.25, 0.3) is 0 Å². The van der Waals surface area contributed by atoms with Crippen LogP contribution in [0.1, 0.15) is 44.1 Å². The van der Waals surface area contributed by atoms with Crippen molar-refractivity contribution >= 4 is 17.5 Å². The molecule has 0 aromatic heterocycles. The second-order valence-electron chi connectivity index (χ2n) is 6.89. The van der Waals surface area contributed by atoms with E-state index in [2.05, 4.69) is 0 Å². The van der Waals surface area contributed by atoms with Gasteiger partial charge in [-0.1, -0.05) is 6.42 Å². The molecule has 4 rings (SSSR count). The first kappa shape index (κ1) is 14.7. The van der Waals surface area contributed by atoms with E-state index in [0.29, 0.717) is 25.6 Å². The number of hydrogen-bond acceptors (Lipinski definition) is 2. The summed E-state index contributed by atoms with van der Waals surface area (Å²) in [4.78, 5) is 28.8. The molecule has 1 aromatic rings. The first-order valence-electron chi connectivity index (χ1n) is 8.53. The largest absolute Gasteiger partial charge is 0.335 e. The van der Waals surface area contributed by atoms with Crippen molar-refractivity contribution in [3.8, 4) is 0 Å². The minimum atomic E-state index is -0.316. The van der Waals surface area contributed by atoms with Crippen molar-refractivity contribution in [2.75, 3.05) is 11.4 Å². The van der Waals surface area contributed by atoms with E-state index in [-0.39, 0.29) is 23.5 Å². The van der Waals surface area contributed by atoms with Crippen molar-refractivity contribution < 1.29 is 14.0 Å². The Kier molecular flexibility index (Phi) is 3.58. The predicted molar refractivity (Wildman–Crippen MR) is 84.3 cm³/mol. The summed E-state index contributed by atoms with van der Waals surface area (Å²) < 4.78 is 13.7. The molecule has 2 aliphatic carbocycles. The molecule has 23 heavy (non-hydrogen) atoms. The van der Waals surface area contributed by atoms with Crippen LogP contribution in [0.2, 0.25) is 0 Å². The Hall–Kier alpha value is -1.91. The zero-order valence-corrected chi connectivity index (χ0v) is 13.1. The Morgan fingerprint density at radius 2 is 1.96 bits per heavy atom. The van der Waals surface area contributed by atoms with Gasteiger partial charge >= 0.3 is 0 Å². The van der Waals surface area contributed by atoms with Crippen molar-refractivity contribution in [1.29, 1.82) is 0 Å². The second-order valence-corrected chi connectivity index (χ2v) is 6.89. The van der Waals surface area contributed by atoms with Crippen molar-refractivity contribution in [1.82, 2.24) is 4.90 Å². The maximum absolute atomic E-state index is 13.7. The van der Waals surface area contributed by atoms with E-state index in [0.717, 1.165) is 43.4 Å².